The summed E-state index contributed by atoms with van der Waals surface area (Å²) < 4.78 is 5.42. The summed E-state index contributed by atoms with van der Waals surface area (Å²) in [5.74, 6) is 1.21. The Morgan fingerprint density at radius 1 is 1.46 bits per heavy atom. The summed E-state index contributed by atoms with van der Waals surface area (Å²) in [7, 11) is 0. The van der Waals surface area contributed by atoms with E-state index >= 15 is 0 Å². The van der Waals surface area contributed by atoms with E-state index < -0.39 is 0 Å². The first kappa shape index (κ1) is 9.03. The molecule has 13 heavy (non-hydrogen) atoms. The maximum absolute atomic E-state index is 5.84. The summed E-state index contributed by atoms with van der Waals surface area (Å²) >= 11 is 11.5. The molecule has 0 aromatic carbocycles. The molecule has 1 aromatic heterocycles. The molecule has 0 aliphatic heterocycles. The molecule has 3 nitrogen and oxygen atoms in total. The molecule has 1 heterocycles. The van der Waals surface area contributed by atoms with E-state index in [9.17, 15) is 0 Å². The van der Waals surface area contributed by atoms with Gasteiger partial charge >= 0.3 is 0 Å². The van der Waals surface area contributed by atoms with Gasteiger partial charge in [0.05, 0.1) is 12.8 Å². The van der Waals surface area contributed by atoms with Crippen LogP contribution in [0.5, 0.6) is 5.75 Å². The van der Waals surface area contributed by atoms with Crippen LogP contribution in [-0.4, -0.2) is 16.8 Å². The molecule has 1 aliphatic carbocycles. The van der Waals surface area contributed by atoms with Gasteiger partial charge in [-0.05, 0) is 18.8 Å². The number of nitrogens with zero attached hydrogens (tertiary/aromatic N) is 2. The molecular formula is C8H8Cl2N2O. The van der Waals surface area contributed by atoms with E-state index in [0.29, 0.717) is 23.3 Å². The third-order valence-corrected chi connectivity index (χ3v) is 2.62. The molecule has 5 heteroatoms. The van der Waals surface area contributed by atoms with Gasteiger partial charge in [0.2, 0.25) is 0 Å². The number of hydrogen-bond donors (Lipinski definition) is 0. The van der Waals surface area contributed by atoms with Crippen molar-refractivity contribution >= 4 is 23.2 Å². The van der Waals surface area contributed by atoms with Crippen molar-refractivity contribution in [2.75, 3.05) is 6.61 Å². The van der Waals surface area contributed by atoms with Gasteiger partial charge in [0.25, 0.3) is 0 Å². The maximum Gasteiger partial charge on any atom is 0.174 e. The Bertz CT molecular complexity index is 315. The summed E-state index contributed by atoms with van der Waals surface area (Å²) in [5.41, 5.74) is 0. The minimum absolute atomic E-state index is 0.190. The molecule has 1 aliphatic rings. The molecule has 1 fully saturated rings. The Balaban J connectivity index is 2.05. The molecule has 1 aromatic rings. The lowest BCUT2D eigenvalue weighted by Gasteiger charge is -2.05. The lowest BCUT2D eigenvalue weighted by atomic mass is 10.4. The highest BCUT2D eigenvalue weighted by Crippen LogP contribution is 2.33. The van der Waals surface area contributed by atoms with Gasteiger partial charge in [-0.15, -0.1) is 5.10 Å². The lowest BCUT2D eigenvalue weighted by Crippen LogP contribution is -2.00. The van der Waals surface area contributed by atoms with Crippen LogP contribution in [-0.2, 0) is 0 Å². The molecular weight excluding hydrogens is 211 g/mol. The predicted octanol–water partition coefficient (Wildman–Crippen LogP) is 2.57. The fraction of sp³-hybridized carbons (Fsp3) is 0.500. The largest absolute Gasteiger partial charge is 0.490 e. The molecule has 0 N–H and O–H groups in total. The Hall–Kier alpha value is -0.540. The van der Waals surface area contributed by atoms with Gasteiger partial charge in [-0.25, -0.2) is 0 Å². The van der Waals surface area contributed by atoms with E-state index in [4.69, 9.17) is 27.9 Å². The molecule has 2 rings (SSSR count). The number of rotatable bonds is 3. The zero-order valence-electron chi connectivity index (χ0n) is 6.83. The maximum atomic E-state index is 5.84. The zero-order chi connectivity index (χ0) is 9.26. The molecule has 0 radical (unpaired) electrons. The zero-order valence-corrected chi connectivity index (χ0v) is 8.35. The summed E-state index contributed by atoms with van der Waals surface area (Å²) in [6, 6.07) is 0. The Labute approximate surface area is 86.0 Å². The van der Waals surface area contributed by atoms with E-state index in [0.717, 1.165) is 0 Å². The molecule has 0 unspecified atom stereocenters. The molecule has 1 saturated carbocycles. The third kappa shape index (κ3) is 2.23. The van der Waals surface area contributed by atoms with E-state index in [1.165, 1.54) is 19.0 Å². The van der Waals surface area contributed by atoms with Crippen molar-refractivity contribution in [3.8, 4) is 5.75 Å². The first-order valence-corrected chi connectivity index (χ1v) is 4.82. The van der Waals surface area contributed by atoms with Crippen molar-refractivity contribution in [1.29, 1.82) is 0 Å². The van der Waals surface area contributed by atoms with Crippen LogP contribution in [0, 0.1) is 5.92 Å². The second-order valence-corrected chi connectivity index (χ2v) is 3.80. The van der Waals surface area contributed by atoms with Crippen molar-refractivity contribution in [2.24, 2.45) is 5.92 Å². The summed E-state index contributed by atoms with van der Waals surface area (Å²) in [5, 5.41) is 7.77. The molecule has 0 bridgehead atoms. The first-order chi connectivity index (χ1) is 6.27. The monoisotopic (exact) mass is 218 g/mol. The lowest BCUT2D eigenvalue weighted by molar-refractivity contribution is 0.298. The standard InChI is InChI=1S/C8H8Cl2N2O/c9-7-6(3-11-12-8(7)10)13-4-5-1-2-5/h3,5H,1-2,4H2. The van der Waals surface area contributed by atoms with E-state index in [1.807, 2.05) is 0 Å². The van der Waals surface area contributed by atoms with Crippen molar-refractivity contribution in [3.63, 3.8) is 0 Å². The molecule has 0 spiro atoms. The average molecular weight is 219 g/mol. The predicted molar refractivity (Wildman–Crippen MR) is 50.3 cm³/mol. The first-order valence-electron chi connectivity index (χ1n) is 4.07. The van der Waals surface area contributed by atoms with Crippen molar-refractivity contribution in [1.82, 2.24) is 10.2 Å². The van der Waals surface area contributed by atoms with Gasteiger partial charge in [0.15, 0.2) is 10.9 Å². The molecule has 0 amide bonds. The second kappa shape index (κ2) is 3.68. The van der Waals surface area contributed by atoms with Crippen LogP contribution in [0.2, 0.25) is 10.2 Å². The van der Waals surface area contributed by atoms with Crippen LogP contribution in [0.25, 0.3) is 0 Å². The van der Waals surface area contributed by atoms with Crippen LogP contribution < -0.4 is 4.74 Å². The van der Waals surface area contributed by atoms with Gasteiger partial charge in [-0.1, -0.05) is 23.2 Å². The number of ether oxygens (including phenoxy) is 1. The highest BCUT2D eigenvalue weighted by atomic mass is 35.5. The van der Waals surface area contributed by atoms with Crippen molar-refractivity contribution in [2.45, 2.75) is 12.8 Å². The normalized spacial score (nSPS) is 15.8. The summed E-state index contributed by atoms with van der Waals surface area (Å²) in [6.45, 7) is 0.696. The molecule has 70 valence electrons. The van der Waals surface area contributed by atoms with E-state index in [-0.39, 0.29) is 5.15 Å². The molecule has 0 atom stereocenters. The van der Waals surface area contributed by atoms with Gasteiger partial charge < -0.3 is 4.74 Å². The Morgan fingerprint density at radius 2 is 2.23 bits per heavy atom. The SMILES string of the molecule is Clc1nncc(OCC2CC2)c1Cl. The summed E-state index contributed by atoms with van der Waals surface area (Å²) in [6.07, 6.45) is 3.96. The van der Waals surface area contributed by atoms with Crippen LogP contribution in [0.15, 0.2) is 6.20 Å². The topological polar surface area (TPSA) is 35.0 Å². The number of halogens is 2. The van der Waals surface area contributed by atoms with Gasteiger partial charge in [-0.3, -0.25) is 0 Å². The van der Waals surface area contributed by atoms with Gasteiger partial charge in [0.1, 0.15) is 5.02 Å². The highest BCUT2D eigenvalue weighted by Gasteiger charge is 2.22. The summed E-state index contributed by atoms with van der Waals surface area (Å²) in [4.78, 5) is 0. The second-order valence-electron chi connectivity index (χ2n) is 3.07. The fourth-order valence-electron chi connectivity index (χ4n) is 0.927. The number of aromatic nitrogens is 2. The van der Waals surface area contributed by atoms with Crippen LogP contribution in [0.1, 0.15) is 12.8 Å². The van der Waals surface area contributed by atoms with Crippen LogP contribution >= 0.6 is 23.2 Å². The van der Waals surface area contributed by atoms with Gasteiger partial charge in [-0.2, -0.15) is 5.10 Å². The minimum atomic E-state index is 0.190. The van der Waals surface area contributed by atoms with Gasteiger partial charge in [0, 0.05) is 0 Å². The third-order valence-electron chi connectivity index (χ3n) is 1.89. The number of hydrogen-bond acceptors (Lipinski definition) is 3. The quantitative estimate of drug-likeness (QED) is 0.783. The fourth-order valence-corrected chi connectivity index (χ4v) is 1.20. The van der Waals surface area contributed by atoms with E-state index in [1.54, 1.807) is 0 Å². The van der Waals surface area contributed by atoms with Crippen LogP contribution in [0.3, 0.4) is 0 Å². The van der Waals surface area contributed by atoms with Crippen molar-refractivity contribution in [3.05, 3.63) is 16.4 Å². The Morgan fingerprint density at radius 3 is 2.92 bits per heavy atom. The van der Waals surface area contributed by atoms with Crippen LogP contribution in [0.4, 0.5) is 0 Å². The minimum Gasteiger partial charge on any atom is -0.490 e. The average Bonchev–Trinajstić information content (AvgIpc) is 2.91. The molecule has 0 saturated heterocycles. The van der Waals surface area contributed by atoms with E-state index in [2.05, 4.69) is 10.2 Å². The highest BCUT2D eigenvalue weighted by molar-refractivity contribution is 6.42. The smallest absolute Gasteiger partial charge is 0.174 e. The van der Waals surface area contributed by atoms with Crippen molar-refractivity contribution < 1.29 is 4.74 Å². The Kier molecular flexibility index (Phi) is 2.56.